The first-order valence-electron chi connectivity index (χ1n) is 9.19. The third-order valence-electron chi connectivity index (χ3n) is 5.46. The van der Waals surface area contributed by atoms with Gasteiger partial charge in [-0.1, -0.05) is 30.2 Å². The lowest BCUT2D eigenvalue weighted by molar-refractivity contribution is -0.439. The third kappa shape index (κ3) is 4.09. The van der Waals surface area contributed by atoms with Crippen LogP contribution >= 0.6 is 0 Å². The molecule has 0 radical (unpaired) electrons. The summed E-state index contributed by atoms with van der Waals surface area (Å²) in [5, 5.41) is 2.61. The molecule has 1 aliphatic heterocycles. The molecule has 2 aromatic rings. The van der Waals surface area contributed by atoms with Crippen LogP contribution in [0, 0.1) is 12.3 Å². The highest BCUT2D eigenvalue weighted by molar-refractivity contribution is 6.01. The van der Waals surface area contributed by atoms with Crippen LogP contribution in [-0.2, 0) is 14.9 Å². The predicted molar refractivity (Wildman–Crippen MR) is 106 cm³/mol. The lowest BCUT2D eigenvalue weighted by atomic mass is 9.80. The number of rotatable bonds is 6. The van der Waals surface area contributed by atoms with Gasteiger partial charge in [-0.15, -0.1) is 6.42 Å². The molecule has 0 aliphatic carbocycles. The number of carbonyl (C=O) groups excluding carboxylic acids is 1. The van der Waals surface area contributed by atoms with Crippen molar-refractivity contribution in [3.63, 3.8) is 0 Å². The molecule has 0 unspecified atom stereocenters. The van der Waals surface area contributed by atoms with Crippen molar-refractivity contribution in [2.75, 3.05) is 13.2 Å². The monoisotopic (exact) mass is 427 g/mol. The Morgan fingerprint density at radius 2 is 1.93 bits per heavy atom. The Hall–Kier alpha value is -2.12. The van der Waals surface area contributed by atoms with Gasteiger partial charge < -0.3 is 21.7 Å². The molecule has 142 valence electrons. The van der Waals surface area contributed by atoms with E-state index in [2.05, 4.69) is 67.7 Å². The summed E-state index contributed by atoms with van der Waals surface area (Å²) >= 11 is 0. The minimum atomic E-state index is -0.211. The van der Waals surface area contributed by atoms with E-state index in [-0.39, 0.29) is 35.0 Å². The summed E-state index contributed by atoms with van der Waals surface area (Å²) < 4.78 is 7.34. The normalized spacial score (nSPS) is 14.4. The lowest BCUT2D eigenvalue weighted by Crippen LogP contribution is -3.00. The van der Waals surface area contributed by atoms with E-state index in [0.717, 1.165) is 19.4 Å². The summed E-state index contributed by atoms with van der Waals surface area (Å²) in [4.78, 5) is 11.6. The number of hydrogen-bond acceptors (Lipinski definition) is 2. The van der Waals surface area contributed by atoms with Crippen LogP contribution in [0.3, 0.4) is 0 Å². The van der Waals surface area contributed by atoms with E-state index in [9.17, 15) is 4.79 Å². The van der Waals surface area contributed by atoms with Crippen molar-refractivity contribution in [3.05, 3.63) is 42.0 Å². The smallest absolute Gasteiger partial charge is 0.306 e. The number of terminal acetylenes is 1. The molecule has 1 heterocycles. The van der Waals surface area contributed by atoms with Crippen LogP contribution in [0.1, 0.15) is 45.6 Å². The second-order valence-corrected chi connectivity index (χ2v) is 7.36. The van der Waals surface area contributed by atoms with Gasteiger partial charge >= 0.3 is 5.97 Å². The van der Waals surface area contributed by atoms with Crippen LogP contribution in [0.15, 0.2) is 36.4 Å². The first kappa shape index (κ1) is 21.2. The molecule has 0 fully saturated rings. The number of fused-ring (bicyclic) bond motifs is 3. The highest BCUT2D eigenvalue weighted by atomic mass is 79.9. The quantitative estimate of drug-likeness (QED) is 0.303. The SMILES string of the molecule is C#CCOC(=O)CCCC[N+]1=C(C)C(C)(C)c2c1ccc1ccccc21.[Br-]. The minimum Gasteiger partial charge on any atom is -1.00 e. The van der Waals surface area contributed by atoms with Crippen LogP contribution in [0.4, 0.5) is 5.69 Å². The molecule has 0 amide bonds. The number of hydrogen-bond donors (Lipinski definition) is 0. The zero-order valence-corrected chi connectivity index (χ0v) is 17.8. The topological polar surface area (TPSA) is 29.3 Å². The minimum absolute atomic E-state index is 0. The Morgan fingerprint density at radius 3 is 2.67 bits per heavy atom. The number of halogens is 1. The number of benzene rings is 2. The Morgan fingerprint density at radius 1 is 1.19 bits per heavy atom. The second kappa shape index (κ2) is 8.71. The Balaban J connectivity index is 0.00000261. The van der Waals surface area contributed by atoms with Crippen LogP contribution in [0.5, 0.6) is 0 Å². The van der Waals surface area contributed by atoms with E-state index >= 15 is 0 Å². The molecular weight excluding hydrogens is 402 g/mol. The van der Waals surface area contributed by atoms with E-state index in [4.69, 9.17) is 11.2 Å². The van der Waals surface area contributed by atoms with Crippen molar-refractivity contribution in [1.82, 2.24) is 0 Å². The average molecular weight is 428 g/mol. The summed E-state index contributed by atoms with van der Waals surface area (Å²) in [5.41, 5.74) is 4.06. The Kier molecular flexibility index (Phi) is 6.84. The molecule has 3 nitrogen and oxygen atoms in total. The number of unbranched alkanes of at least 4 members (excludes halogenated alkanes) is 1. The molecule has 2 aromatic carbocycles. The van der Waals surface area contributed by atoms with Crippen molar-refractivity contribution in [3.8, 4) is 12.3 Å². The molecule has 0 saturated heterocycles. The first-order valence-corrected chi connectivity index (χ1v) is 9.19. The molecule has 0 N–H and O–H groups in total. The van der Waals surface area contributed by atoms with E-state index < -0.39 is 0 Å². The van der Waals surface area contributed by atoms with Gasteiger partial charge in [-0.3, -0.25) is 4.79 Å². The number of nitrogens with zero attached hydrogens (tertiary/aromatic N) is 1. The maximum Gasteiger partial charge on any atom is 0.306 e. The van der Waals surface area contributed by atoms with Gasteiger partial charge in [0.2, 0.25) is 5.69 Å². The molecule has 0 saturated carbocycles. The zero-order valence-electron chi connectivity index (χ0n) is 16.2. The van der Waals surface area contributed by atoms with Gasteiger partial charge in [0.05, 0.1) is 5.41 Å². The molecule has 0 bridgehead atoms. The highest BCUT2D eigenvalue weighted by Crippen LogP contribution is 2.43. The summed E-state index contributed by atoms with van der Waals surface area (Å²) in [6.45, 7) is 7.78. The number of esters is 1. The maximum atomic E-state index is 11.6. The van der Waals surface area contributed by atoms with Crippen LogP contribution in [0.2, 0.25) is 0 Å². The van der Waals surface area contributed by atoms with Crippen molar-refractivity contribution in [2.24, 2.45) is 0 Å². The molecule has 4 heteroatoms. The highest BCUT2D eigenvalue weighted by Gasteiger charge is 2.43. The van der Waals surface area contributed by atoms with Crippen LogP contribution in [-0.4, -0.2) is 29.4 Å². The lowest BCUT2D eigenvalue weighted by Gasteiger charge is -2.17. The van der Waals surface area contributed by atoms with Gasteiger partial charge in [0.25, 0.3) is 0 Å². The average Bonchev–Trinajstić information content (AvgIpc) is 2.84. The van der Waals surface area contributed by atoms with Gasteiger partial charge in [-0.2, -0.15) is 4.58 Å². The van der Waals surface area contributed by atoms with Crippen molar-refractivity contribution in [2.45, 2.75) is 45.4 Å². The molecular formula is C23H26BrNO2. The Labute approximate surface area is 172 Å². The standard InChI is InChI=1S/C23H26NO2.BrH/c1-5-16-26-21(25)12-8-9-15-24-17(2)23(3,4)22-19-11-7-6-10-18(19)13-14-20(22)24;/h1,6-7,10-11,13-14H,8-9,12,15-16H2,2-4H3;1H/q+1;/p-1. The predicted octanol–water partition coefficient (Wildman–Crippen LogP) is 1.59. The van der Waals surface area contributed by atoms with E-state index in [1.54, 1.807) is 0 Å². The van der Waals surface area contributed by atoms with Gasteiger partial charge in [-0.25, -0.2) is 0 Å². The van der Waals surface area contributed by atoms with E-state index in [1.807, 2.05) is 0 Å². The summed E-state index contributed by atoms with van der Waals surface area (Å²) in [7, 11) is 0. The first-order chi connectivity index (χ1) is 12.5. The number of ether oxygens (including phenoxy) is 1. The molecule has 0 atom stereocenters. The molecule has 0 aromatic heterocycles. The number of carbonyl (C=O) groups is 1. The third-order valence-corrected chi connectivity index (χ3v) is 5.46. The fraction of sp³-hybridized carbons (Fsp3) is 0.391. The van der Waals surface area contributed by atoms with Gasteiger partial charge in [-0.05, 0) is 37.1 Å². The van der Waals surface area contributed by atoms with Gasteiger partial charge in [0.1, 0.15) is 6.54 Å². The molecule has 3 rings (SSSR count). The Bertz CT molecular complexity index is 922. The second-order valence-electron chi connectivity index (χ2n) is 7.36. The summed E-state index contributed by atoms with van der Waals surface area (Å²) in [6, 6.07) is 13.0. The van der Waals surface area contributed by atoms with Gasteiger partial charge in [0.15, 0.2) is 12.3 Å². The van der Waals surface area contributed by atoms with E-state index in [1.165, 1.54) is 27.7 Å². The fourth-order valence-electron chi connectivity index (χ4n) is 3.86. The van der Waals surface area contributed by atoms with Crippen LogP contribution < -0.4 is 17.0 Å². The van der Waals surface area contributed by atoms with E-state index in [0.29, 0.717) is 6.42 Å². The fourth-order valence-corrected chi connectivity index (χ4v) is 3.86. The van der Waals surface area contributed by atoms with Crippen LogP contribution in [0.25, 0.3) is 10.8 Å². The summed E-state index contributed by atoms with van der Waals surface area (Å²) in [6.07, 6.45) is 7.26. The van der Waals surface area contributed by atoms with Gasteiger partial charge in [0, 0.05) is 31.4 Å². The maximum absolute atomic E-state index is 11.6. The molecule has 1 aliphatic rings. The largest absolute Gasteiger partial charge is 1.00 e. The van der Waals surface area contributed by atoms with Crippen molar-refractivity contribution >= 4 is 28.1 Å². The zero-order chi connectivity index (χ0) is 18.7. The summed E-state index contributed by atoms with van der Waals surface area (Å²) in [5.74, 6) is 2.11. The molecule has 0 spiro atoms. The van der Waals surface area contributed by atoms with Crippen molar-refractivity contribution < 1.29 is 31.1 Å². The van der Waals surface area contributed by atoms with Crippen molar-refractivity contribution in [1.29, 1.82) is 0 Å². The molecule has 27 heavy (non-hydrogen) atoms.